The molecule has 0 aliphatic carbocycles. The first kappa shape index (κ1) is 11.0. The third kappa shape index (κ3) is 1.45. The molecule has 1 aromatic heterocycles. The molecule has 1 unspecified atom stereocenters. The quantitative estimate of drug-likeness (QED) is 0.417. The molecule has 0 bridgehead atoms. The average molecular weight is 248 g/mol. The van der Waals surface area contributed by atoms with Crippen LogP contribution in [0, 0.1) is 5.92 Å². The summed E-state index contributed by atoms with van der Waals surface area (Å²) in [7, 11) is 0. The molecule has 2 aromatic carbocycles. The normalized spacial score (nSPS) is 22.0. The SMILES string of the molecule is CC1Cc2cc3ccccc3c3ccc[n+](c23)[C@H]1C. The standard InChI is InChI=1S/C18H18N/c1-12-10-15-11-14-6-3-4-7-16(14)17-8-5-9-19(13(12)2)18(15)17/h3-9,11-13H,10H2,1-2H3/q+1/t12?,13-/m0/s1. The molecule has 1 aliphatic rings. The van der Waals surface area contributed by atoms with Gasteiger partial charge in [-0.15, -0.1) is 0 Å². The summed E-state index contributed by atoms with van der Waals surface area (Å²) < 4.78 is 2.46. The van der Waals surface area contributed by atoms with Crippen LogP contribution in [-0.4, -0.2) is 0 Å². The number of hydrogen-bond donors (Lipinski definition) is 0. The minimum absolute atomic E-state index is 0.581. The van der Waals surface area contributed by atoms with Crippen molar-refractivity contribution in [2.75, 3.05) is 0 Å². The van der Waals surface area contributed by atoms with E-state index in [9.17, 15) is 0 Å². The molecular formula is C18H18N+. The molecular weight excluding hydrogens is 230 g/mol. The zero-order valence-electron chi connectivity index (χ0n) is 11.4. The minimum atomic E-state index is 0.581. The smallest absolute Gasteiger partial charge is 0.195 e. The number of hydrogen-bond acceptors (Lipinski definition) is 0. The third-order valence-electron chi connectivity index (χ3n) is 4.71. The Morgan fingerprint density at radius 3 is 2.68 bits per heavy atom. The molecule has 0 spiro atoms. The Morgan fingerprint density at radius 2 is 1.79 bits per heavy atom. The van der Waals surface area contributed by atoms with Crippen LogP contribution in [0.4, 0.5) is 0 Å². The number of benzene rings is 2. The van der Waals surface area contributed by atoms with Crippen molar-refractivity contribution in [2.45, 2.75) is 26.3 Å². The number of rotatable bonds is 0. The van der Waals surface area contributed by atoms with Crippen LogP contribution < -0.4 is 4.57 Å². The van der Waals surface area contributed by atoms with Crippen LogP contribution in [0.2, 0.25) is 0 Å². The summed E-state index contributed by atoms with van der Waals surface area (Å²) >= 11 is 0. The van der Waals surface area contributed by atoms with E-state index in [1.807, 2.05) is 0 Å². The maximum atomic E-state index is 2.46. The van der Waals surface area contributed by atoms with Crippen molar-refractivity contribution in [3.05, 3.63) is 54.2 Å². The fourth-order valence-corrected chi connectivity index (χ4v) is 3.49. The number of aromatic nitrogens is 1. The molecule has 3 aromatic rings. The molecule has 2 atom stereocenters. The van der Waals surface area contributed by atoms with E-state index in [1.165, 1.54) is 33.7 Å². The lowest BCUT2D eigenvalue weighted by molar-refractivity contribution is -0.705. The first-order valence-electron chi connectivity index (χ1n) is 7.10. The van der Waals surface area contributed by atoms with Crippen LogP contribution in [0.5, 0.6) is 0 Å². The van der Waals surface area contributed by atoms with Gasteiger partial charge in [0.05, 0.1) is 5.39 Å². The molecule has 0 radical (unpaired) electrons. The highest BCUT2D eigenvalue weighted by Gasteiger charge is 2.31. The summed E-state index contributed by atoms with van der Waals surface area (Å²) in [5.74, 6) is 0.698. The second-order valence-corrected chi connectivity index (χ2v) is 5.86. The Hall–Kier alpha value is -1.89. The van der Waals surface area contributed by atoms with E-state index < -0.39 is 0 Å². The Morgan fingerprint density at radius 1 is 1.00 bits per heavy atom. The van der Waals surface area contributed by atoms with Crippen LogP contribution in [-0.2, 0) is 6.42 Å². The van der Waals surface area contributed by atoms with E-state index in [4.69, 9.17) is 0 Å². The van der Waals surface area contributed by atoms with Gasteiger partial charge in [-0.05, 0) is 36.2 Å². The van der Waals surface area contributed by atoms with Crippen molar-refractivity contribution in [3.63, 3.8) is 0 Å². The lowest BCUT2D eigenvalue weighted by atomic mass is 9.87. The van der Waals surface area contributed by atoms with Gasteiger partial charge in [-0.1, -0.05) is 31.2 Å². The zero-order chi connectivity index (χ0) is 13.0. The third-order valence-corrected chi connectivity index (χ3v) is 4.71. The summed E-state index contributed by atoms with van der Waals surface area (Å²) in [6.45, 7) is 4.69. The number of pyridine rings is 1. The molecule has 0 N–H and O–H groups in total. The molecule has 2 heterocycles. The average Bonchev–Trinajstić information content (AvgIpc) is 2.44. The largest absolute Gasteiger partial charge is 0.216 e. The Balaban J connectivity index is 2.23. The first-order valence-corrected chi connectivity index (χ1v) is 7.10. The molecule has 4 rings (SSSR count). The van der Waals surface area contributed by atoms with Gasteiger partial charge < -0.3 is 0 Å². The van der Waals surface area contributed by atoms with Crippen LogP contribution in [0.3, 0.4) is 0 Å². The van der Waals surface area contributed by atoms with Gasteiger partial charge >= 0.3 is 0 Å². The van der Waals surface area contributed by atoms with Gasteiger partial charge in [-0.3, -0.25) is 0 Å². The maximum absolute atomic E-state index is 2.46. The Kier molecular flexibility index (Phi) is 2.20. The Labute approximate surface area is 113 Å². The highest BCUT2D eigenvalue weighted by Crippen LogP contribution is 2.33. The van der Waals surface area contributed by atoms with Crippen LogP contribution in [0.1, 0.15) is 25.5 Å². The van der Waals surface area contributed by atoms with Crippen LogP contribution >= 0.6 is 0 Å². The van der Waals surface area contributed by atoms with E-state index in [1.54, 1.807) is 0 Å². The molecule has 0 saturated carbocycles. The van der Waals surface area contributed by atoms with E-state index in [-0.39, 0.29) is 0 Å². The van der Waals surface area contributed by atoms with Crippen molar-refractivity contribution in [2.24, 2.45) is 5.92 Å². The zero-order valence-corrected chi connectivity index (χ0v) is 11.4. The summed E-state index contributed by atoms with van der Waals surface area (Å²) in [4.78, 5) is 0. The summed E-state index contributed by atoms with van der Waals surface area (Å²) in [6, 6.07) is 16.2. The summed E-state index contributed by atoms with van der Waals surface area (Å²) in [6.07, 6.45) is 3.42. The van der Waals surface area contributed by atoms with Crippen molar-refractivity contribution in [1.29, 1.82) is 0 Å². The molecule has 1 heteroatoms. The molecule has 0 amide bonds. The first-order chi connectivity index (χ1) is 9.25. The lowest BCUT2D eigenvalue weighted by Crippen LogP contribution is -2.45. The van der Waals surface area contributed by atoms with E-state index in [0.29, 0.717) is 12.0 Å². The number of fused-ring (bicyclic) bond motifs is 2. The summed E-state index contributed by atoms with van der Waals surface area (Å²) in [5, 5.41) is 4.14. The molecule has 19 heavy (non-hydrogen) atoms. The van der Waals surface area contributed by atoms with Crippen molar-refractivity contribution < 1.29 is 4.57 Å². The van der Waals surface area contributed by atoms with E-state index in [2.05, 4.69) is 67.1 Å². The van der Waals surface area contributed by atoms with Gasteiger partial charge in [0.1, 0.15) is 0 Å². The van der Waals surface area contributed by atoms with Gasteiger partial charge in [0.25, 0.3) is 0 Å². The van der Waals surface area contributed by atoms with E-state index >= 15 is 0 Å². The molecule has 0 fully saturated rings. The lowest BCUT2D eigenvalue weighted by Gasteiger charge is -2.23. The summed E-state index contributed by atoms with van der Waals surface area (Å²) in [5.41, 5.74) is 2.94. The van der Waals surface area contributed by atoms with Crippen molar-refractivity contribution >= 4 is 21.7 Å². The monoisotopic (exact) mass is 248 g/mol. The predicted molar refractivity (Wildman–Crippen MR) is 79.2 cm³/mol. The Bertz CT molecular complexity index is 788. The minimum Gasteiger partial charge on any atom is -0.195 e. The molecule has 1 nitrogen and oxygen atoms in total. The second kappa shape index (κ2) is 3.80. The van der Waals surface area contributed by atoms with Gasteiger partial charge in [-0.25, -0.2) is 0 Å². The van der Waals surface area contributed by atoms with Crippen LogP contribution in [0.25, 0.3) is 21.7 Å². The predicted octanol–water partition coefficient (Wildman–Crippen LogP) is 4.03. The fraction of sp³-hybridized carbons (Fsp3) is 0.278. The highest BCUT2D eigenvalue weighted by molar-refractivity contribution is 6.06. The molecule has 0 saturated heterocycles. The second-order valence-electron chi connectivity index (χ2n) is 5.86. The van der Waals surface area contributed by atoms with Crippen LogP contribution in [0.15, 0.2) is 48.7 Å². The maximum Gasteiger partial charge on any atom is 0.216 e. The fourth-order valence-electron chi connectivity index (χ4n) is 3.49. The topological polar surface area (TPSA) is 3.88 Å². The molecule has 1 aliphatic heterocycles. The van der Waals surface area contributed by atoms with Crippen molar-refractivity contribution in [3.8, 4) is 0 Å². The van der Waals surface area contributed by atoms with Gasteiger partial charge in [0, 0.05) is 17.5 Å². The highest BCUT2D eigenvalue weighted by atomic mass is 15.0. The molecule has 94 valence electrons. The van der Waals surface area contributed by atoms with Crippen molar-refractivity contribution in [1.82, 2.24) is 0 Å². The van der Waals surface area contributed by atoms with Gasteiger partial charge in [-0.2, -0.15) is 4.57 Å². The number of nitrogens with zero attached hydrogens (tertiary/aromatic N) is 1. The van der Waals surface area contributed by atoms with E-state index in [0.717, 1.165) is 0 Å². The van der Waals surface area contributed by atoms with Gasteiger partial charge in [0.2, 0.25) is 5.52 Å². The van der Waals surface area contributed by atoms with Gasteiger partial charge in [0.15, 0.2) is 12.2 Å².